The molecule has 0 aliphatic rings. The maximum atomic E-state index is 12.5. The predicted molar refractivity (Wildman–Crippen MR) is 108 cm³/mol. The first-order valence-electron chi connectivity index (χ1n) is 8.72. The average molecular weight is 391 g/mol. The predicted octanol–water partition coefficient (Wildman–Crippen LogP) is 2.65. The molecule has 0 heterocycles. The van der Waals surface area contributed by atoms with Crippen molar-refractivity contribution >= 4 is 21.6 Å². The van der Waals surface area contributed by atoms with E-state index in [1.54, 1.807) is 13.0 Å². The zero-order valence-electron chi connectivity index (χ0n) is 16.1. The molecular formula is C20H26N2O4S. The number of aryl methyl sites for hydroxylation is 2. The Balaban J connectivity index is 2.05. The van der Waals surface area contributed by atoms with E-state index in [9.17, 15) is 13.2 Å². The lowest BCUT2D eigenvalue weighted by molar-refractivity contribution is -0.121. The van der Waals surface area contributed by atoms with Gasteiger partial charge in [-0.25, -0.2) is 8.42 Å². The molecule has 0 fully saturated rings. The van der Waals surface area contributed by atoms with Crippen molar-refractivity contribution in [1.82, 2.24) is 5.32 Å². The first kappa shape index (κ1) is 20.8. The number of benzene rings is 2. The van der Waals surface area contributed by atoms with Gasteiger partial charge >= 0.3 is 0 Å². The normalized spacial score (nSPS) is 12.3. The third-order valence-electron chi connectivity index (χ3n) is 4.10. The van der Waals surface area contributed by atoms with Gasteiger partial charge in [0.25, 0.3) is 0 Å². The van der Waals surface area contributed by atoms with Crippen LogP contribution in [0.2, 0.25) is 0 Å². The molecule has 0 radical (unpaired) electrons. The third kappa shape index (κ3) is 5.72. The van der Waals surface area contributed by atoms with Crippen LogP contribution in [0.4, 0.5) is 5.69 Å². The standard InChI is InChI=1S/C20H26N2O4S/c1-15-10-11-16(2)19(14-15)22(27(4,24)25)17(3)20(23)21-12-13-26-18-8-6-5-7-9-18/h5-11,14,17H,12-13H2,1-4H3,(H,21,23). The second kappa shape index (κ2) is 8.90. The number of amides is 1. The highest BCUT2D eigenvalue weighted by molar-refractivity contribution is 7.92. The molecule has 0 bridgehead atoms. The molecule has 1 atom stereocenters. The molecule has 0 aliphatic heterocycles. The maximum Gasteiger partial charge on any atom is 0.243 e. The quantitative estimate of drug-likeness (QED) is 0.703. The van der Waals surface area contributed by atoms with Crippen molar-refractivity contribution in [1.29, 1.82) is 0 Å². The van der Waals surface area contributed by atoms with Gasteiger partial charge in [0.1, 0.15) is 18.4 Å². The SMILES string of the molecule is Cc1ccc(C)c(N(C(C)C(=O)NCCOc2ccccc2)S(C)(=O)=O)c1. The van der Waals surface area contributed by atoms with Crippen LogP contribution in [0, 0.1) is 13.8 Å². The molecular weight excluding hydrogens is 364 g/mol. The van der Waals surface area contributed by atoms with Gasteiger partial charge in [-0.3, -0.25) is 9.10 Å². The highest BCUT2D eigenvalue weighted by Crippen LogP contribution is 2.26. The van der Waals surface area contributed by atoms with Crippen molar-refractivity contribution in [2.45, 2.75) is 26.8 Å². The minimum absolute atomic E-state index is 0.280. The number of hydrogen-bond acceptors (Lipinski definition) is 4. The number of carbonyl (C=O) groups excluding carboxylic acids is 1. The van der Waals surface area contributed by atoms with Crippen LogP contribution < -0.4 is 14.4 Å². The van der Waals surface area contributed by atoms with E-state index in [-0.39, 0.29) is 12.5 Å². The smallest absolute Gasteiger partial charge is 0.243 e. The van der Waals surface area contributed by atoms with Crippen LogP contribution in [0.15, 0.2) is 48.5 Å². The van der Waals surface area contributed by atoms with Gasteiger partial charge in [0.15, 0.2) is 0 Å². The molecule has 1 unspecified atom stereocenters. The largest absolute Gasteiger partial charge is 0.492 e. The molecule has 0 aromatic heterocycles. The van der Waals surface area contributed by atoms with E-state index in [4.69, 9.17) is 4.74 Å². The van der Waals surface area contributed by atoms with Crippen molar-refractivity contribution in [2.24, 2.45) is 0 Å². The topological polar surface area (TPSA) is 75.7 Å². The Hall–Kier alpha value is -2.54. The summed E-state index contributed by atoms with van der Waals surface area (Å²) in [5.41, 5.74) is 2.23. The van der Waals surface area contributed by atoms with Gasteiger partial charge in [0.2, 0.25) is 15.9 Å². The zero-order valence-corrected chi connectivity index (χ0v) is 16.9. The number of rotatable bonds is 8. The average Bonchev–Trinajstić information content (AvgIpc) is 2.61. The van der Waals surface area contributed by atoms with E-state index in [0.29, 0.717) is 18.0 Å². The zero-order chi connectivity index (χ0) is 20.0. The molecule has 146 valence electrons. The fraction of sp³-hybridized carbons (Fsp3) is 0.350. The minimum Gasteiger partial charge on any atom is -0.492 e. The molecule has 2 aromatic carbocycles. The molecule has 1 N–H and O–H groups in total. The lowest BCUT2D eigenvalue weighted by atomic mass is 10.1. The van der Waals surface area contributed by atoms with E-state index < -0.39 is 16.1 Å². The Morgan fingerprint density at radius 3 is 2.44 bits per heavy atom. The fourth-order valence-corrected chi connectivity index (χ4v) is 3.97. The van der Waals surface area contributed by atoms with Gasteiger partial charge in [-0.1, -0.05) is 30.3 Å². The Bertz CT molecular complexity index is 882. The number of para-hydroxylation sites is 1. The van der Waals surface area contributed by atoms with Gasteiger partial charge in [-0.15, -0.1) is 0 Å². The minimum atomic E-state index is -3.63. The second-order valence-electron chi connectivity index (χ2n) is 6.48. The first-order chi connectivity index (χ1) is 12.7. The van der Waals surface area contributed by atoms with Crippen LogP contribution in [0.1, 0.15) is 18.1 Å². The Labute approximate surface area is 161 Å². The van der Waals surface area contributed by atoms with E-state index in [2.05, 4.69) is 5.32 Å². The van der Waals surface area contributed by atoms with Crippen LogP contribution in [0.25, 0.3) is 0 Å². The van der Waals surface area contributed by atoms with E-state index in [1.807, 2.05) is 56.3 Å². The van der Waals surface area contributed by atoms with Gasteiger partial charge in [-0.05, 0) is 50.1 Å². The molecule has 0 aliphatic carbocycles. The number of nitrogens with zero attached hydrogens (tertiary/aromatic N) is 1. The summed E-state index contributed by atoms with van der Waals surface area (Å²) < 4.78 is 31.5. The number of sulfonamides is 1. The Kier molecular flexibility index (Phi) is 6.85. The fourth-order valence-electron chi connectivity index (χ4n) is 2.75. The summed E-state index contributed by atoms with van der Waals surface area (Å²) in [6.45, 7) is 5.86. The Morgan fingerprint density at radius 2 is 1.81 bits per heavy atom. The lowest BCUT2D eigenvalue weighted by Gasteiger charge is -2.29. The first-order valence-corrected chi connectivity index (χ1v) is 10.6. The second-order valence-corrected chi connectivity index (χ2v) is 8.34. The molecule has 1 amide bonds. The van der Waals surface area contributed by atoms with Crippen LogP contribution >= 0.6 is 0 Å². The Morgan fingerprint density at radius 1 is 1.15 bits per heavy atom. The van der Waals surface area contributed by atoms with Gasteiger partial charge in [0, 0.05) is 0 Å². The van der Waals surface area contributed by atoms with Gasteiger partial charge < -0.3 is 10.1 Å². The lowest BCUT2D eigenvalue weighted by Crippen LogP contribution is -2.48. The molecule has 0 saturated heterocycles. The van der Waals surface area contributed by atoms with Crippen LogP contribution in [0.5, 0.6) is 5.75 Å². The van der Waals surface area contributed by atoms with Gasteiger partial charge in [-0.2, -0.15) is 0 Å². The van der Waals surface area contributed by atoms with E-state index in [0.717, 1.165) is 17.4 Å². The molecule has 0 spiro atoms. The number of hydrogen-bond donors (Lipinski definition) is 1. The van der Waals surface area contributed by atoms with E-state index >= 15 is 0 Å². The van der Waals surface area contributed by atoms with Crippen LogP contribution in [-0.2, 0) is 14.8 Å². The summed E-state index contributed by atoms with van der Waals surface area (Å²) in [4.78, 5) is 12.5. The highest BCUT2D eigenvalue weighted by atomic mass is 32.2. The van der Waals surface area contributed by atoms with Crippen molar-refractivity contribution in [3.8, 4) is 5.75 Å². The third-order valence-corrected chi connectivity index (χ3v) is 5.33. The summed E-state index contributed by atoms with van der Waals surface area (Å²) in [5.74, 6) is 0.339. The van der Waals surface area contributed by atoms with Crippen LogP contribution in [-0.4, -0.2) is 39.8 Å². The molecule has 0 saturated carbocycles. The summed E-state index contributed by atoms with van der Waals surface area (Å²) in [6, 6.07) is 13.9. The maximum absolute atomic E-state index is 12.5. The van der Waals surface area contributed by atoms with Gasteiger partial charge in [0.05, 0.1) is 18.5 Å². The van der Waals surface area contributed by atoms with Crippen molar-refractivity contribution < 1.29 is 17.9 Å². The highest BCUT2D eigenvalue weighted by Gasteiger charge is 2.30. The number of nitrogens with one attached hydrogen (secondary N) is 1. The summed E-state index contributed by atoms with van der Waals surface area (Å²) in [5, 5.41) is 2.74. The number of carbonyl (C=O) groups is 1. The van der Waals surface area contributed by atoms with E-state index in [1.165, 1.54) is 4.31 Å². The van der Waals surface area contributed by atoms with Crippen LogP contribution in [0.3, 0.4) is 0 Å². The molecule has 7 heteroatoms. The summed E-state index contributed by atoms with van der Waals surface area (Å²) in [6.07, 6.45) is 1.11. The summed E-state index contributed by atoms with van der Waals surface area (Å²) in [7, 11) is -3.63. The molecule has 2 rings (SSSR count). The molecule has 27 heavy (non-hydrogen) atoms. The van der Waals surface area contributed by atoms with Crippen molar-refractivity contribution in [2.75, 3.05) is 23.7 Å². The van der Waals surface area contributed by atoms with Crippen molar-refractivity contribution in [3.05, 3.63) is 59.7 Å². The monoisotopic (exact) mass is 390 g/mol. The number of anilines is 1. The number of ether oxygens (including phenoxy) is 1. The molecule has 2 aromatic rings. The summed E-state index contributed by atoms with van der Waals surface area (Å²) >= 11 is 0. The molecule has 6 nitrogen and oxygen atoms in total. The van der Waals surface area contributed by atoms with Crippen molar-refractivity contribution in [3.63, 3.8) is 0 Å².